The lowest BCUT2D eigenvalue weighted by molar-refractivity contribution is 0.102. The minimum atomic E-state index is -3.73. The molecule has 0 saturated heterocycles. The number of methoxy groups -OCH3 is 1. The van der Waals surface area contributed by atoms with Crippen LogP contribution in [0.1, 0.15) is 21.5 Å². The molecule has 3 aromatic rings. The first-order valence-corrected chi connectivity index (χ1v) is 10.4. The maximum Gasteiger partial charge on any atom is 0.261 e. The molecule has 6 nitrogen and oxygen atoms in total. The van der Waals surface area contributed by atoms with Crippen LogP contribution in [0.4, 0.5) is 11.4 Å². The second-order valence-electron chi connectivity index (χ2n) is 6.63. The van der Waals surface area contributed by atoms with Crippen LogP contribution in [-0.2, 0) is 10.0 Å². The molecule has 7 heteroatoms. The molecule has 0 atom stereocenters. The molecule has 0 saturated carbocycles. The van der Waals surface area contributed by atoms with Crippen LogP contribution >= 0.6 is 0 Å². The summed E-state index contributed by atoms with van der Waals surface area (Å²) in [6.45, 7) is 3.80. The second-order valence-corrected chi connectivity index (χ2v) is 8.32. The van der Waals surface area contributed by atoms with Crippen LogP contribution in [0.15, 0.2) is 71.6 Å². The number of carbonyl (C=O) groups excluding carboxylic acids is 1. The third kappa shape index (κ3) is 4.94. The van der Waals surface area contributed by atoms with E-state index in [-0.39, 0.29) is 10.8 Å². The van der Waals surface area contributed by atoms with Gasteiger partial charge in [-0.25, -0.2) is 8.42 Å². The molecule has 0 aliphatic carbocycles. The Kier molecular flexibility index (Phi) is 5.89. The van der Waals surface area contributed by atoms with Crippen LogP contribution in [-0.4, -0.2) is 21.4 Å². The topological polar surface area (TPSA) is 84.5 Å². The monoisotopic (exact) mass is 410 g/mol. The average Bonchev–Trinajstić information content (AvgIpc) is 2.70. The van der Waals surface area contributed by atoms with Gasteiger partial charge in [-0.15, -0.1) is 0 Å². The number of anilines is 2. The Bertz CT molecular complexity index is 1140. The van der Waals surface area contributed by atoms with Crippen LogP contribution in [0.2, 0.25) is 0 Å². The molecule has 0 bridgehead atoms. The Morgan fingerprint density at radius 3 is 2.31 bits per heavy atom. The first kappa shape index (κ1) is 20.4. The Balaban J connectivity index is 1.74. The number of hydrogen-bond donors (Lipinski definition) is 2. The predicted octanol–water partition coefficient (Wildman–Crippen LogP) is 4.37. The van der Waals surface area contributed by atoms with Gasteiger partial charge in [0.15, 0.2) is 0 Å². The highest BCUT2D eigenvalue weighted by atomic mass is 32.2. The number of ether oxygens (including phenoxy) is 1. The Labute approximate surface area is 170 Å². The van der Waals surface area contributed by atoms with Crippen molar-refractivity contribution in [3.05, 3.63) is 83.4 Å². The largest absolute Gasteiger partial charge is 0.497 e. The quantitative estimate of drug-likeness (QED) is 0.632. The molecule has 0 spiro atoms. The summed E-state index contributed by atoms with van der Waals surface area (Å²) in [5, 5.41) is 2.74. The number of sulfonamides is 1. The van der Waals surface area contributed by atoms with Gasteiger partial charge in [0.25, 0.3) is 15.9 Å². The normalized spacial score (nSPS) is 11.0. The molecule has 0 unspecified atom stereocenters. The van der Waals surface area contributed by atoms with E-state index < -0.39 is 10.0 Å². The molecule has 1 amide bonds. The lowest BCUT2D eigenvalue weighted by Crippen LogP contribution is -2.15. The second kappa shape index (κ2) is 8.36. The third-order valence-corrected chi connectivity index (χ3v) is 5.76. The average molecular weight is 410 g/mol. The van der Waals surface area contributed by atoms with Crippen LogP contribution < -0.4 is 14.8 Å². The summed E-state index contributed by atoms with van der Waals surface area (Å²) >= 11 is 0. The summed E-state index contributed by atoms with van der Waals surface area (Å²) in [7, 11) is -2.20. The molecule has 0 aliphatic heterocycles. The molecule has 2 N–H and O–H groups in total. The van der Waals surface area contributed by atoms with E-state index in [4.69, 9.17) is 4.74 Å². The van der Waals surface area contributed by atoms with Gasteiger partial charge in [0.2, 0.25) is 0 Å². The summed E-state index contributed by atoms with van der Waals surface area (Å²) in [6.07, 6.45) is 0. The van der Waals surface area contributed by atoms with Gasteiger partial charge >= 0.3 is 0 Å². The van der Waals surface area contributed by atoms with Crippen LogP contribution in [0, 0.1) is 13.8 Å². The molecule has 3 aromatic carbocycles. The van der Waals surface area contributed by atoms with Gasteiger partial charge in [-0.3, -0.25) is 9.52 Å². The van der Waals surface area contributed by atoms with Crippen LogP contribution in [0.3, 0.4) is 0 Å². The third-order valence-electron chi connectivity index (χ3n) is 4.38. The molecule has 150 valence electrons. The standard InChI is InChI=1S/C22H22N2O4S/c1-15-7-12-21(16(2)13-15)24-29(26,27)20-10-8-18(9-11-20)23-22(25)17-5-4-6-19(14-17)28-3/h4-14,24H,1-3H3,(H,23,25). The van der Waals surface area contributed by atoms with Crippen molar-refractivity contribution in [2.24, 2.45) is 0 Å². The molecule has 0 aliphatic rings. The minimum absolute atomic E-state index is 0.108. The van der Waals surface area contributed by atoms with E-state index in [1.807, 2.05) is 26.0 Å². The van der Waals surface area contributed by atoms with Crippen molar-refractivity contribution < 1.29 is 17.9 Å². The molecule has 0 aromatic heterocycles. The van der Waals surface area contributed by atoms with Gasteiger partial charge in [-0.05, 0) is 67.9 Å². The molecular weight excluding hydrogens is 388 g/mol. The maximum atomic E-state index is 12.7. The summed E-state index contributed by atoms with van der Waals surface area (Å²) in [6, 6.07) is 18.3. The maximum absolute atomic E-state index is 12.7. The highest BCUT2D eigenvalue weighted by molar-refractivity contribution is 7.92. The Hall–Kier alpha value is -3.32. The summed E-state index contributed by atoms with van der Waals surface area (Å²) in [5.74, 6) is 0.268. The van der Waals surface area contributed by atoms with Crippen molar-refractivity contribution in [3.8, 4) is 5.75 Å². The molecule has 29 heavy (non-hydrogen) atoms. The highest BCUT2D eigenvalue weighted by Gasteiger charge is 2.16. The van der Waals surface area contributed by atoms with Gasteiger partial charge in [-0.1, -0.05) is 23.8 Å². The van der Waals surface area contributed by atoms with E-state index >= 15 is 0 Å². The van der Waals surface area contributed by atoms with Crippen molar-refractivity contribution in [2.75, 3.05) is 17.1 Å². The molecule has 0 heterocycles. The zero-order chi connectivity index (χ0) is 21.0. The van der Waals surface area contributed by atoms with Crippen molar-refractivity contribution >= 4 is 27.3 Å². The number of hydrogen-bond acceptors (Lipinski definition) is 4. The van der Waals surface area contributed by atoms with Crippen molar-refractivity contribution in [2.45, 2.75) is 18.7 Å². The SMILES string of the molecule is COc1cccc(C(=O)Nc2ccc(S(=O)(=O)Nc3ccc(C)cc3C)cc2)c1. The van der Waals surface area contributed by atoms with Crippen molar-refractivity contribution in [1.82, 2.24) is 0 Å². The summed E-state index contributed by atoms with van der Waals surface area (Å²) in [5.41, 5.74) is 3.36. The van der Waals surface area contributed by atoms with Gasteiger partial charge in [0.1, 0.15) is 5.75 Å². The Morgan fingerprint density at radius 1 is 0.931 bits per heavy atom. The number of amides is 1. The lowest BCUT2D eigenvalue weighted by atomic mass is 10.1. The van der Waals surface area contributed by atoms with Gasteiger partial charge in [0, 0.05) is 11.3 Å². The zero-order valence-corrected chi connectivity index (χ0v) is 17.2. The molecular formula is C22H22N2O4S. The van der Waals surface area contributed by atoms with E-state index in [0.717, 1.165) is 11.1 Å². The Morgan fingerprint density at radius 2 is 1.66 bits per heavy atom. The molecule has 3 rings (SSSR count). The van der Waals surface area contributed by atoms with E-state index in [9.17, 15) is 13.2 Å². The first-order chi connectivity index (χ1) is 13.8. The molecule has 0 radical (unpaired) electrons. The smallest absolute Gasteiger partial charge is 0.261 e. The van der Waals surface area contributed by atoms with Crippen molar-refractivity contribution in [3.63, 3.8) is 0 Å². The number of rotatable bonds is 6. The number of benzene rings is 3. The van der Waals surface area contributed by atoms with Gasteiger partial charge in [-0.2, -0.15) is 0 Å². The lowest BCUT2D eigenvalue weighted by Gasteiger charge is -2.12. The van der Waals surface area contributed by atoms with Crippen LogP contribution in [0.25, 0.3) is 0 Å². The fourth-order valence-electron chi connectivity index (χ4n) is 2.82. The first-order valence-electron chi connectivity index (χ1n) is 8.94. The van der Waals surface area contributed by atoms with E-state index in [1.165, 1.54) is 19.2 Å². The fourth-order valence-corrected chi connectivity index (χ4v) is 3.95. The van der Waals surface area contributed by atoms with Crippen LogP contribution in [0.5, 0.6) is 5.75 Å². The summed E-state index contributed by atoms with van der Waals surface area (Å²) < 4.78 is 33.0. The number of aryl methyl sites for hydroxylation is 2. The predicted molar refractivity (Wildman–Crippen MR) is 114 cm³/mol. The van der Waals surface area contributed by atoms with E-state index in [2.05, 4.69) is 10.0 Å². The fraction of sp³-hybridized carbons (Fsp3) is 0.136. The zero-order valence-electron chi connectivity index (χ0n) is 16.4. The molecule has 0 fully saturated rings. The van der Waals surface area contributed by atoms with Gasteiger partial charge < -0.3 is 10.1 Å². The van der Waals surface area contributed by atoms with E-state index in [1.54, 1.807) is 42.5 Å². The number of carbonyl (C=O) groups is 1. The summed E-state index contributed by atoms with van der Waals surface area (Å²) in [4.78, 5) is 12.5. The van der Waals surface area contributed by atoms with Crippen molar-refractivity contribution in [1.29, 1.82) is 0 Å². The number of nitrogens with one attached hydrogen (secondary N) is 2. The van der Waals surface area contributed by atoms with E-state index in [0.29, 0.717) is 22.7 Å². The van der Waals surface area contributed by atoms with Gasteiger partial charge in [0.05, 0.1) is 17.7 Å². The highest BCUT2D eigenvalue weighted by Crippen LogP contribution is 2.22. The minimum Gasteiger partial charge on any atom is -0.497 e.